The lowest BCUT2D eigenvalue weighted by molar-refractivity contribution is -0.138. The van der Waals surface area contributed by atoms with Crippen LogP contribution in [0, 0.1) is 6.92 Å². The molecule has 2 amide bonds. The van der Waals surface area contributed by atoms with E-state index in [-0.39, 0.29) is 23.4 Å². The van der Waals surface area contributed by atoms with Gasteiger partial charge in [0.1, 0.15) is 6.04 Å². The Hall–Kier alpha value is -1.88. The van der Waals surface area contributed by atoms with Gasteiger partial charge >= 0.3 is 0 Å². The summed E-state index contributed by atoms with van der Waals surface area (Å²) in [6, 6.07) is 7.84. The highest BCUT2D eigenvalue weighted by Gasteiger charge is 2.42. The van der Waals surface area contributed by atoms with Gasteiger partial charge in [0, 0.05) is 25.0 Å². The molecule has 0 aliphatic carbocycles. The Balaban J connectivity index is 1.73. The monoisotopic (exact) mass is 329 g/mol. The van der Waals surface area contributed by atoms with Gasteiger partial charge in [-0.25, -0.2) is 0 Å². The van der Waals surface area contributed by atoms with Gasteiger partial charge in [0.05, 0.1) is 0 Å². The lowest BCUT2D eigenvalue weighted by atomic mass is 9.86. The summed E-state index contributed by atoms with van der Waals surface area (Å²) < 4.78 is 0. The number of likely N-dealkylation sites (tertiary alicyclic amines) is 1. The average Bonchev–Trinajstić information content (AvgIpc) is 2.90. The average molecular weight is 329 g/mol. The van der Waals surface area contributed by atoms with Crippen LogP contribution in [0.3, 0.4) is 0 Å². The molecule has 2 saturated heterocycles. The minimum Gasteiger partial charge on any atom is -0.351 e. The van der Waals surface area contributed by atoms with Crippen LogP contribution in [-0.2, 0) is 9.59 Å². The maximum absolute atomic E-state index is 13.2. The van der Waals surface area contributed by atoms with Crippen molar-refractivity contribution in [3.05, 3.63) is 35.4 Å². The van der Waals surface area contributed by atoms with Gasteiger partial charge in [-0.3, -0.25) is 14.5 Å². The summed E-state index contributed by atoms with van der Waals surface area (Å²) in [5.41, 5.74) is 2.15. The van der Waals surface area contributed by atoms with Crippen molar-refractivity contribution in [3.8, 4) is 0 Å². The van der Waals surface area contributed by atoms with Crippen LogP contribution in [0.1, 0.15) is 42.9 Å². The molecule has 0 radical (unpaired) electrons. The fraction of sp³-hybridized carbons (Fsp3) is 0.579. The van der Waals surface area contributed by atoms with Crippen molar-refractivity contribution in [2.24, 2.45) is 0 Å². The predicted octanol–water partition coefficient (Wildman–Crippen LogP) is 1.87. The standard InChI is InChI=1S/C19H27N3O2/c1-14-6-4-5-7-15(14)17(21(2)3)18(24)22-12-10-19(11-13-22)9-8-16(23)20-19/h4-7,17H,8-13H2,1-3H3,(H,20,23)/t17-/m1/s1. The summed E-state index contributed by atoms with van der Waals surface area (Å²) in [5, 5.41) is 3.13. The topological polar surface area (TPSA) is 52.7 Å². The Labute approximate surface area is 144 Å². The summed E-state index contributed by atoms with van der Waals surface area (Å²) in [5.74, 6) is 0.314. The van der Waals surface area contributed by atoms with E-state index in [1.54, 1.807) is 0 Å². The number of hydrogen-bond donors (Lipinski definition) is 1. The molecular formula is C19H27N3O2. The van der Waals surface area contributed by atoms with E-state index in [1.165, 1.54) is 0 Å². The van der Waals surface area contributed by atoms with Gasteiger partial charge in [0.2, 0.25) is 11.8 Å². The Bertz CT molecular complexity index is 633. The van der Waals surface area contributed by atoms with Crippen molar-refractivity contribution in [3.63, 3.8) is 0 Å². The van der Waals surface area contributed by atoms with E-state index in [2.05, 4.69) is 18.3 Å². The second kappa shape index (κ2) is 6.55. The van der Waals surface area contributed by atoms with Gasteiger partial charge in [0.25, 0.3) is 0 Å². The van der Waals surface area contributed by atoms with Gasteiger partial charge in [-0.1, -0.05) is 24.3 Å². The Morgan fingerprint density at radius 1 is 1.21 bits per heavy atom. The Kier molecular flexibility index (Phi) is 4.63. The van der Waals surface area contributed by atoms with Gasteiger partial charge in [-0.15, -0.1) is 0 Å². The van der Waals surface area contributed by atoms with E-state index in [1.807, 2.05) is 42.1 Å². The van der Waals surface area contributed by atoms with Crippen LogP contribution in [0.5, 0.6) is 0 Å². The van der Waals surface area contributed by atoms with Crippen molar-refractivity contribution >= 4 is 11.8 Å². The van der Waals surface area contributed by atoms with E-state index in [0.29, 0.717) is 6.42 Å². The van der Waals surface area contributed by atoms with Crippen molar-refractivity contribution in [1.29, 1.82) is 0 Å². The third kappa shape index (κ3) is 3.18. The van der Waals surface area contributed by atoms with E-state index < -0.39 is 0 Å². The third-order valence-electron chi connectivity index (χ3n) is 5.50. The Morgan fingerprint density at radius 3 is 2.42 bits per heavy atom. The molecule has 3 rings (SSSR count). The van der Waals surface area contributed by atoms with E-state index >= 15 is 0 Å². The molecule has 24 heavy (non-hydrogen) atoms. The molecule has 2 aliphatic heterocycles. The Morgan fingerprint density at radius 2 is 1.88 bits per heavy atom. The fourth-order valence-corrected chi connectivity index (χ4v) is 4.00. The molecule has 0 aromatic heterocycles. The zero-order chi connectivity index (χ0) is 17.3. The summed E-state index contributed by atoms with van der Waals surface area (Å²) in [6.45, 7) is 3.49. The van der Waals surface area contributed by atoms with Crippen molar-refractivity contribution in [2.45, 2.75) is 44.2 Å². The number of likely N-dealkylation sites (N-methyl/N-ethyl adjacent to an activating group) is 1. The van der Waals surface area contributed by atoms with Crippen LogP contribution in [0.25, 0.3) is 0 Å². The number of carbonyl (C=O) groups excluding carboxylic acids is 2. The summed E-state index contributed by atoms with van der Waals surface area (Å²) >= 11 is 0. The molecule has 2 aliphatic rings. The zero-order valence-corrected chi connectivity index (χ0v) is 14.8. The van der Waals surface area contributed by atoms with Crippen LogP contribution in [-0.4, -0.2) is 54.3 Å². The maximum atomic E-state index is 13.2. The number of benzene rings is 1. The molecule has 2 fully saturated rings. The van der Waals surface area contributed by atoms with Gasteiger partial charge < -0.3 is 10.2 Å². The smallest absolute Gasteiger partial charge is 0.244 e. The summed E-state index contributed by atoms with van der Waals surface area (Å²) in [4.78, 5) is 28.7. The first kappa shape index (κ1) is 17.0. The molecule has 0 saturated carbocycles. The molecule has 1 N–H and O–H groups in total. The number of nitrogens with zero attached hydrogens (tertiary/aromatic N) is 2. The van der Waals surface area contributed by atoms with E-state index in [0.717, 1.165) is 43.5 Å². The van der Waals surface area contributed by atoms with Crippen molar-refractivity contribution in [1.82, 2.24) is 15.1 Å². The molecule has 5 nitrogen and oxygen atoms in total. The molecule has 0 bridgehead atoms. The predicted molar refractivity (Wildman–Crippen MR) is 93.5 cm³/mol. The minimum absolute atomic E-state index is 0.0653. The normalized spacial score (nSPS) is 21.2. The van der Waals surface area contributed by atoms with Crippen molar-refractivity contribution in [2.75, 3.05) is 27.2 Å². The second-order valence-corrected chi connectivity index (χ2v) is 7.38. The number of piperidine rings is 1. The van der Waals surface area contributed by atoms with E-state index in [4.69, 9.17) is 0 Å². The van der Waals surface area contributed by atoms with Gasteiger partial charge in [-0.2, -0.15) is 0 Å². The largest absolute Gasteiger partial charge is 0.351 e. The van der Waals surface area contributed by atoms with Gasteiger partial charge in [0.15, 0.2) is 0 Å². The van der Waals surface area contributed by atoms with Crippen LogP contribution in [0.4, 0.5) is 0 Å². The van der Waals surface area contributed by atoms with Crippen LogP contribution >= 0.6 is 0 Å². The third-order valence-corrected chi connectivity index (χ3v) is 5.50. The first-order valence-corrected chi connectivity index (χ1v) is 8.74. The zero-order valence-electron chi connectivity index (χ0n) is 14.8. The highest BCUT2D eigenvalue weighted by atomic mass is 16.2. The molecule has 1 aromatic rings. The SMILES string of the molecule is Cc1ccccc1[C@H](C(=O)N1CCC2(CCC(=O)N2)CC1)N(C)C. The molecule has 2 heterocycles. The molecule has 1 aromatic carbocycles. The molecule has 0 unspecified atom stereocenters. The highest BCUT2D eigenvalue weighted by Crippen LogP contribution is 2.33. The highest BCUT2D eigenvalue weighted by molar-refractivity contribution is 5.84. The first-order chi connectivity index (χ1) is 11.4. The second-order valence-electron chi connectivity index (χ2n) is 7.38. The van der Waals surface area contributed by atoms with Crippen molar-refractivity contribution < 1.29 is 9.59 Å². The van der Waals surface area contributed by atoms with Crippen LogP contribution in [0.15, 0.2) is 24.3 Å². The number of rotatable bonds is 3. The van der Waals surface area contributed by atoms with E-state index in [9.17, 15) is 9.59 Å². The number of nitrogens with one attached hydrogen (secondary N) is 1. The number of amides is 2. The first-order valence-electron chi connectivity index (χ1n) is 8.74. The lowest BCUT2D eigenvalue weighted by Crippen LogP contribution is -2.53. The fourth-order valence-electron chi connectivity index (χ4n) is 4.00. The number of hydrogen-bond acceptors (Lipinski definition) is 3. The minimum atomic E-state index is -0.251. The van der Waals surface area contributed by atoms with Crippen LogP contribution < -0.4 is 5.32 Å². The molecular weight excluding hydrogens is 302 g/mol. The molecule has 1 spiro atoms. The molecule has 5 heteroatoms. The maximum Gasteiger partial charge on any atom is 0.244 e. The summed E-state index contributed by atoms with van der Waals surface area (Å²) in [6.07, 6.45) is 3.25. The number of carbonyl (C=O) groups is 2. The van der Waals surface area contributed by atoms with Gasteiger partial charge in [-0.05, 0) is 51.4 Å². The molecule has 130 valence electrons. The lowest BCUT2D eigenvalue weighted by Gasteiger charge is -2.41. The number of aryl methyl sites for hydroxylation is 1. The summed E-state index contributed by atoms with van der Waals surface area (Å²) in [7, 11) is 3.91. The van der Waals surface area contributed by atoms with Crippen LogP contribution in [0.2, 0.25) is 0 Å². The quantitative estimate of drug-likeness (QED) is 0.921. The molecule has 1 atom stereocenters.